The average Bonchev–Trinajstić information content (AvgIpc) is 2.83. The summed E-state index contributed by atoms with van der Waals surface area (Å²) in [5, 5.41) is 0. The maximum absolute atomic E-state index is 15.1. The minimum absolute atomic E-state index is 0.105. The normalized spacial score (nSPS) is 11.6. The fraction of sp³-hybridized carbons (Fsp3) is 0.586. The van der Waals surface area contributed by atoms with Crippen molar-refractivity contribution in [1.29, 1.82) is 0 Å². The largest absolute Gasteiger partial charge is 0.494 e. The predicted octanol–water partition coefficient (Wildman–Crippen LogP) is 9.99. The monoisotopic (exact) mass is 496 g/mol. The summed E-state index contributed by atoms with van der Waals surface area (Å²) in [6.45, 7) is 5.03. The van der Waals surface area contributed by atoms with E-state index in [2.05, 4.69) is 13.8 Å². The van der Waals surface area contributed by atoms with Gasteiger partial charge in [0.1, 0.15) is 22.9 Å². The highest BCUT2D eigenvalue weighted by Crippen LogP contribution is 2.42. The van der Waals surface area contributed by atoms with Crippen molar-refractivity contribution in [3.05, 3.63) is 47.8 Å². The van der Waals surface area contributed by atoms with Crippen LogP contribution in [0.5, 0.6) is 11.5 Å². The van der Waals surface area contributed by atoms with E-state index in [-0.39, 0.29) is 12.2 Å². The van der Waals surface area contributed by atoms with Crippen molar-refractivity contribution in [1.82, 2.24) is 0 Å². The molecule has 2 aromatic carbocycles. The topological polar surface area (TPSA) is 18.5 Å². The van der Waals surface area contributed by atoms with Crippen LogP contribution in [0, 0.1) is 5.82 Å². The predicted molar refractivity (Wildman–Crippen MR) is 135 cm³/mol. The molecule has 0 fully saturated rings. The smallest absolute Gasteiger partial charge is 0.422 e. The highest BCUT2D eigenvalue weighted by atomic mass is 19.4. The van der Waals surface area contributed by atoms with Crippen LogP contribution in [-0.2, 0) is 6.18 Å². The molecule has 2 rings (SSSR count). The van der Waals surface area contributed by atoms with Crippen LogP contribution < -0.4 is 9.47 Å². The standard InChI is InChI=1S/C29H40F4O2/c1-3-5-7-9-11-13-21-34-24-17-15-23(16-18-24)25-19-20-26(27(28(25)30)29(31,32)33)35-22-14-12-10-8-6-4-2/h15-20H,3-14,21-22H2,1-2H3. The maximum Gasteiger partial charge on any atom is 0.422 e. The molecule has 2 aromatic rings. The van der Waals surface area contributed by atoms with E-state index in [0.717, 1.165) is 44.9 Å². The summed E-state index contributed by atoms with van der Waals surface area (Å²) in [6.07, 6.45) is 8.04. The molecule has 0 aromatic heterocycles. The second-order valence-corrected chi connectivity index (χ2v) is 9.05. The Kier molecular flexibility index (Phi) is 13.0. The Morgan fingerprint density at radius 2 is 1.14 bits per heavy atom. The van der Waals surface area contributed by atoms with Crippen molar-refractivity contribution in [3.8, 4) is 22.6 Å². The molecule has 0 aliphatic carbocycles. The van der Waals surface area contributed by atoms with E-state index in [9.17, 15) is 13.2 Å². The van der Waals surface area contributed by atoms with Crippen LogP contribution in [0.15, 0.2) is 36.4 Å². The second-order valence-electron chi connectivity index (χ2n) is 9.05. The van der Waals surface area contributed by atoms with Gasteiger partial charge in [-0.3, -0.25) is 0 Å². The van der Waals surface area contributed by atoms with Crippen molar-refractivity contribution < 1.29 is 27.0 Å². The molecule has 0 amide bonds. The first-order valence-electron chi connectivity index (χ1n) is 13.1. The first kappa shape index (κ1) is 29.0. The van der Waals surface area contributed by atoms with Gasteiger partial charge in [0.25, 0.3) is 0 Å². The summed E-state index contributed by atoms with van der Waals surface area (Å²) in [4.78, 5) is 0. The van der Waals surface area contributed by atoms with E-state index >= 15 is 4.39 Å². The lowest BCUT2D eigenvalue weighted by molar-refractivity contribution is -0.141. The SMILES string of the molecule is CCCCCCCCOc1ccc(-c2ccc(OCCCCCCCC)c(C(F)(F)F)c2F)cc1. The number of rotatable bonds is 17. The fourth-order valence-corrected chi connectivity index (χ4v) is 4.03. The Balaban J connectivity index is 1.99. The summed E-state index contributed by atoms with van der Waals surface area (Å²) in [5.41, 5.74) is -1.08. The zero-order valence-electron chi connectivity index (χ0n) is 21.2. The lowest BCUT2D eigenvalue weighted by Crippen LogP contribution is -2.13. The van der Waals surface area contributed by atoms with Crippen LogP contribution in [0.3, 0.4) is 0 Å². The third-order valence-corrected chi connectivity index (χ3v) is 6.07. The second kappa shape index (κ2) is 15.7. The molecule has 0 aliphatic heterocycles. The van der Waals surface area contributed by atoms with Crippen LogP contribution in [0.1, 0.15) is 96.5 Å². The third-order valence-electron chi connectivity index (χ3n) is 6.07. The number of unbranched alkanes of at least 4 members (excludes halogenated alkanes) is 10. The van der Waals surface area contributed by atoms with E-state index in [1.165, 1.54) is 37.8 Å². The quantitative estimate of drug-likeness (QED) is 0.160. The first-order chi connectivity index (χ1) is 16.9. The number of hydrogen-bond donors (Lipinski definition) is 0. The lowest BCUT2D eigenvalue weighted by Gasteiger charge is -2.17. The highest BCUT2D eigenvalue weighted by Gasteiger charge is 2.39. The van der Waals surface area contributed by atoms with Gasteiger partial charge in [0.05, 0.1) is 13.2 Å². The number of benzene rings is 2. The van der Waals surface area contributed by atoms with E-state index in [4.69, 9.17) is 9.47 Å². The van der Waals surface area contributed by atoms with Crippen molar-refractivity contribution in [3.63, 3.8) is 0 Å². The summed E-state index contributed by atoms with van der Waals surface area (Å²) in [6, 6.07) is 9.09. The van der Waals surface area contributed by atoms with Gasteiger partial charge in [-0.05, 0) is 42.7 Å². The molecule has 0 unspecified atom stereocenters. The van der Waals surface area contributed by atoms with Crippen LogP contribution in [-0.4, -0.2) is 13.2 Å². The molecule has 0 N–H and O–H groups in total. The summed E-state index contributed by atoms with van der Waals surface area (Å²) in [5.74, 6) is -1.14. The van der Waals surface area contributed by atoms with E-state index in [1.807, 2.05) is 0 Å². The molecular formula is C29H40F4O2. The summed E-state index contributed by atoms with van der Waals surface area (Å²) < 4.78 is 67.3. The van der Waals surface area contributed by atoms with Gasteiger partial charge in [-0.2, -0.15) is 13.2 Å². The molecular weight excluding hydrogens is 456 g/mol. The zero-order valence-corrected chi connectivity index (χ0v) is 21.2. The molecule has 0 spiro atoms. The molecule has 0 saturated carbocycles. The third kappa shape index (κ3) is 10.1. The average molecular weight is 497 g/mol. The molecule has 0 saturated heterocycles. The Hall–Kier alpha value is -2.24. The Morgan fingerprint density at radius 3 is 1.69 bits per heavy atom. The Labute approximate surface area is 208 Å². The maximum atomic E-state index is 15.1. The van der Waals surface area contributed by atoms with E-state index in [0.29, 0.717) is 24.3 Å². The van der Waals surface area contributed by atoms with Gasteiger partial charge in [-0.25, -0.2) is 4.39 Å². The van der Waals surface area contributed by atoms with Crippen LogP contribution in [0.4, 0.5) is 17.6 Å². The van der Waals surface area contributed by atoms with Gasteiger partial charge < -0.3 is 9.47 Å². The zero-order chi connectivity index (χ0) is 25.5. The van der Waals surface area contributed by atoms with Crippen LogP contribution >= 0.6 is 0 Å². The number of ether oxygens (including phenoxy) is 2. The molecule has 0 aliphatic rings. The van der Waals surface area contributed by atoms with E-state index < -0.39 is 23.3 Å². The number of hydrogen-bond acceptors (Lipinski definition) is 2. The Bertz CT molecular complexity index is 847. The molecule has 0 atom stereocenters. The number of alkyl halides is 3. The van der Waals surface area contributed by atoms with Gasteiger partial charge in [-0.15, -0.1) is 0 Å². The van der Waals surface area contributed by atoms with Gasteiger partial charge in [-0.1, -0.05) is 90.2 Å². The van der Waals surface area contributed by atoms with Crippen molar-refractivity contribution in [2.24, 2.45) is 0 Å². The van der Waals surface area contributed by atoms with Gasteiger partial charge in [0.2, 0.25) is 0 Å². The molecule has 35 heavy (non-hydrogen) atoms. The van der Waals surface area contributed by atoms with E-state index in [1.54, 1.807) is 24.3 Å². The first-order valence-corrected chi connectivity index (χ1v) is 13.1. The molecule has 0 bridgehead atoms. The fourth-order valence-electron chi connectivity index (χ4n) is 4.03. The molecule has 196 valence electrons. The molecule has 0 heterocycles. The van der Waals surface area contributed by atoms with Crippen molar-refractivity contribution in [2.75, 3.05) is 13.2 Å². The molecule has 0 radical (unpaired) electrons. The van der Waals surface area contributed by atoms with Gasteiger partial charge >= 0.3 is 6.18 Å². The van der Waals surface area contributed by atoms with Gasteiger partial charge in [0, 0.05) is 5.56 Å². The summed E-state index contributed by atoms with van der Waals surface area (Å²) in [7, 11) is 0. The highest BCUT2D eigenvalue weighted by molar-refractivity contribution is 5.67. The van der Waals surface area contributed by atoms with Gasteiger partial charge in [0.15, 0.2) is 0 Å². The minimum Gasteiger partial charge on any atom is -0.494 e. The Morgan fingerprint density at radius 1 is 0.629 bits per heavy atom. The van der Waals surface area contributed by atoms with Crippen LogP contribution in [0.25, 0.3) is 11.1 Å². The molecule has 2 nitrogen and oxygen atoms in total. The summed E-state index contributed by atoms with van der Waals surface area (Å²) >= 11 is 0. The number of halogens is 4. The molecule has 6 heteroatoms. The minimum atomic E-state index is -4.85. The van der Waals surface area contributed by atoms with Crippen molar-refractivity contribution >= 4 is 0 Å². The van der Waals surface area contributed by atoms with Crippen molar-refractivity contribution in [2.45, 2.75) is 97.1 Å². The lowest BCUT2D eigenvalue weighted by atomic mass is 10.0. The van der Waals surface area contributed by atoms with Crippen LogP contribution in [0.2, 0.25) is 0 Å².